The first kappa shape index (κ1) is 9.70. The molecule has 0 aliphatic carbocycles. The molecule has 0 spiro atoms. The molecule has 1 N–H and O–H groups in total. The molecule has 2 atom stereocenters. The monoisotopic (exact) mass is 142 g/mol. The fourth-order valence-electron chi connectivity index (χ4n) is 1.10. The van der Waals surface area contributed by atoms with Gasteiger partial charge in [-0.2, -0.15) is 0 Å². The van der Waals surface area contributed by atoms with Crippen molar-refractivity contribution in [2.75, 3.05) is 0 Å². The maximum atomic E-state index is 9.00. The largest absolute Gasteiger partial charge is 0.393 e. The Hall–Kier alpha value is -0.300. The molecule has 1 heteroatoms. The summed E-state index contributed by atoms with van der Waals surface area (Å²) >= 11 is 0. The van der Waals surface area contributed by atoms with Crippen LogP contribution < -0.4 is 0 Å². The van der Waals surface area contributed by atoms with Gasteiger partial charge in [-0.1, -0.05) is 13.0 Å². The first-order valence-electron chi connectivity index (χ1n) is 3.95. The van der Waals surface area contributed by atoms with Crippen LogP contribution in [0.1, 0.15) is 33.1 Å². The number of allylic oxidation sites excluding steroid dienone is 1. The Labute approximate surface area is 63.8 Å². The van der Waals surface area contributed by atoms with Crippen LogP contribution in [0.5, 0.6) is 0 Å². The Bertz CT molecular complexity index is 86.7. The highest BCUT2D eigenvalue weighted by Crippen LogP contribution is 2.12. The minimum absolute atomic E-state index is 0.153. The first-order valence-corrected chi connectivity index (χ1v) is 3.95. The molecule has 0 fully saturated rings. The zero-order valence-corrected chi connectivity index (χ0v) is 7.01. The second-order valence-electron chi connectivity index (χ2n) is 3.06. The fourth-order valence-corrected chi connectivity index (χ4v) is 1.10. The molecule has 0 unspecified atom stereocenters. The van der Waals surface area contributed by atoms with E-state index in [1.54, 1.807) is 0 Å². The molecule has 0 saturated carbocycles. The van der Waals surface area contributed by atoms with Crippen LogP contribution in [0, 0.1) is 5.92 Å². The molecule has 0 aliphatic rings. The van der Waals surface area contributed by atoms with Gasteiger partial charge in [0.05, 0.1) is 6.10 Å². The van der Waals surface area contributed by atoms with Crippen molar-refractivity contribution in [1.29, 1.82) is 0 Å². The molecule has 0 aromatic heterocycles. The molecule has 0 saturated heterocycles. The van der Waals surface area contributed by atoms with Crippen molar-refractivity contribution >= 4 is 0 Å². The van der Waals surface area contributed by atoms with Gasteiger partial charge >= 0.3 is 0 Å². The van der Waals surface area contributed by atoms with Gasteiger partial charge in [-0.15, -0.1) is 6.58 Å². The van der Waals surface area contributed by atoms with E-state index in [0.717, 1.165) is 19.3 Å². The minimum atomic E-state index is -0.153. The van der Waals surface area contributed by atoms with Gasteiger partial charge in [0.15, 0.2) is 0 Å². The number of hydrogen-bond acceptors (Lipinski definition) is 1. The topological polar surface area (TPSA) is 20.2 Å². The van der Waals surface area contributed by atoms with Crippen LogP contribution in [0.2, 0.25) is 0 Å². The number of aliphatic hydroxyl groups is 1. The summed E-state index contributed by atoms with van der Waals surface area (Å²) < 4.78 is 0. The number of hydrogen-bond donors (Lipinski definition) is 1. The van der Waals surface area contributed by atoms with Crippen molar-refractivity contribution in [2.45, 2.75) is 39.2 Å². The van der Waals surface area contributed by atoms with Gasteiger partial charge in [-0.25, -0.2) is 0 Å². The van der Waals surface area contributed by atoms with Gasteiger partial charge in [-0.3, -0.25) is 0 Å². The molecular formula is C9H18O. The normalized spacial score (nSPS) is 16.3. The summed E-state index contributed by atoms with van der Waals surface area (Å²) in [5.74, 6) is 0.623. The number of aliphatic hydroxyl groups excluding tert-OH is 1. The second-order valence-corrected chi connectivity index (χ2v) is 3.06. The molecule has 10 heavy (non-hydrogen) atoms. The smallest absolute Gasteiger partial charge is 0.0514 e. The first-order chi connectivity index (χ1) is 4.66. The molecule has 0 heterocycles. The minimum Gasteiger partial charge on any atom is -0.393 e. The third kappa shape index (κ3) is 5.83. The standard InChI is InChI=1S/C9H18O/c1-4-5-6-8(2)7-9(3)10/h4,8-10H,1,5-7H2,2-3H3/t8-,9+/m0/s1. The van der Waals surface area contributed by atoms with Gasteiger partial charge in [0, 0.05) is 0 Å². The van der Waals surface area contributed by atoms with E-state index < -0.39 is 0 Å². The van der Waals surface area contributed by atoms with Gasteiger partial charge < -0.3 is 5.11 Å². The van der Waals surface area contributed by atoms with Crippen molar-refractivity contribution in [3.05, 3.63) is 12.7 Å². The van der Waals surface area contributed by atoms with Crippen molar-refractivity contribution in [3.8, 4) is 0 Å². The van der Waals surface area contributed by atoms with Gasteiger partial charge in [0.2, 0.25) is 0 Å². The zero-order valence-electron chi connectivity index (χ0n) is 7.01. The average Bonchev–Trinajstić information content (AvgIpc) is 1.82. The molecule has 0 bridgehead atoms. The van der Waals surface area contributed by atoms with Crippen LogP contribution in [0.25, 0.3) is 0 Å². The highest BCUT2D eigenvalue weighted by Gasteiger charge is 2.03. The molecular weight excluding hydrogens is 124 g/mol. The average molecular weight is 142 g/mol. The van der Waals surface area contributed by atoms with Crippen LogP contribution in [0.15, 0.2) is 12.7 Å². The molecule has 0 aromatic rings. The van der Waals surface area contributed by atoms with E-state index in [1.807, 2.05) is 13.0 Å². The van der Waals surface area contributed by atoms with Crippen molar-refractivity contribution in [1.82, 2.24) is 0 Å². The van der Waals surface area contributed by atoms with Gasteiger partial charge in [0.1, 0.15) is 0 Å². The van der Waals surface area contributed by atoms with E-state index in [0.29, 0.717) is 5.92 Å². The summed E-state index contributed by atoms with van der Waals surface area (Å²) in [6.07, 6.45) is 4.90. The lowest BCUT2D eigenvalue weighted by Gasteiger charge is -2.11. The van der Waals surface area contributed by atoms with E-state index in [2.05, 4.69) is 13.5 Å². The maximum Gasteiger partial charge on any atom is 0.0514 e. The van der Waals surface area contributed by atoms with Crippen LogP contribution in [0.3, 0.4) is 0 Å². The summed E-state index contributed by atoms with van der Waals surface area (Å²) in [6, 6.07) is 0. The van der Waals surface area contributed by atoms with Crippen LogP contribution >= 0.6 is 0 Å². The van der Waals surface area contributed by atoms with E-state index in [-0.39, 0.29) is 6.10 Å². The predicted octanol–water partition coefficient (Wildman–Crippen LogP) is 2.36. The number of rotatable bonds is 5. The molecule has 60 valence electrons. The Kier molecular flexibility index (Phi) is 5.32. The third-order valence-corrected chi connectivity index (χ3v) is 1.61. The third-order valence-electron chi connectivity index (χ3n) is 1.61. The van der Waals surface area contributed by atoms with E-state index >= 15 is 0 Å². The fraction of sp³-hybridized carbons (Fsp3) is 0.778. The highest BCUT2D eigenvalue weighted by molar-refractivity contribution is 4.68. The molecule has 1 nitrogen and oxygen atoms in total. The van der Waals surface area contributed by atoms with Gasteiger partial charge in [0.25, 0.3) is 0 Å². The lowest BCUT2D eigenvalue weighted by molar-refractivity contribution is 0.162. The van der Waals surface area contributed by atoms with Crippen LogP contribution in [-0.2, 0) is 0 Å². The van der Waals surface area contributed by atoms with Crippen molar-refractivity contribution < 1.29 is 5.11 Å². The van der Waals surface area contributed by atoms with Crippen LogP contribution in [-0.4, -0.2) is 11.2 Å². The Morgan fingerprint density at radius 3 is 2.50 bits per heavy atom. The maximum absolute atomic E-state index is 9.00. The molecule has 0 amide bonds. The Balaban J connectivity index is 3.24. The quantitative estimate of drug-likeness (QED) is 0.584. The Morgan fingerprint density at radius 1 is 1.50 bits per heavy atom. The highest BCUT2D eigenvalue weighted by atomic mass is 16.3. The summed E-state index contributed by atoms with van der Waals surface area (Å²) in [5, 5.41) is 9.00. The zero-order chi connectivity index (χ0) is 7.98. The summed E-state index contributed by atoms with van der Waals surface area (Å²) in [7, 11) is 0. The predicted molar refractivity (Wildman–Crippen MR) is 44.9 cm³/mol. The van der Waals surface area contributed by atoms with E-state index in [1.165, 1.54) is 0 Å². The van der Waals surface area contributed by atoms with E-state index in [9.17, 15) is 0 Å². The lowest BCUT2D eigenvalue weighted by atomic mass is 9.99. The van der Waals surface area contributed by atoms with Crippen molar-refractivity contribution in [3.63, 3.8) is 0 Å². The van der Waals surface area contributed by atoms with E-state index in [4.69, 9.17) is 5.11 Å². The SMILES string of the molecule is C=CCC[C@H](C)C[C@@H](C)O. The Morgan fingerprint density at radius 2 is 2.10 bits per heavy atom. The second kappa shape index (κ2) is 5.48. The summed E-state index contributed by atoms with van der Waals surface area (Å²) in [6.45, 7) is 7.65. The van der Waals surface area contributed by atoms with Gasteiger partial charge in [-0.05, 0) is 32.1 Å². The molecule has 0 aliphatic heterocycles. The summed E-state index contributed by atoms with van der Waals surface area (Å²) in [5.41, 5.74) is 0. The van der Waals surface area contributed by atoms with Crippen molar-refractivity contribution in [2.24, 2.45) is 5.92 Å². The molecule has 0 aromatic carbocycles. The molecule has 0 radical (unpaired) electrons. The summed E-state index contributed by atoms with van der Waals surface area (Å²) in [4.78, 5) is 0. The van der Waals surface area contributed by atoms with Crippen LogP contribution in [0.4, 0.5) is 0 Å². The lowest BCUT2D eigenvalue weighted by Crippen LogP contribution is -2.06. The molecule has 0 rings (SSSR count).